The lowest BCUT2D eigenvalue weighted by Gasteiger charge is -2.31. The van der Waals surface area contributed by atoms with Gasteiger partial charge in [0.25, 0.3) is 0 Å². The fourth-order valence-electron chi connectivity index (χ4n) is 5.27. The van der Waals surface area contributed by atoms with Crippen LogP contribution < -0.4 is 14.2 Å². The Bertz CT molecular complexity index is 859. The third kappa shape index (κ3) is 9.87. The third-order valence-corrected chi connectivity index (χ3v) is 7.33. The number of esters is 1. The van der Waals surface area contributed by atoms with Crippen molar-refractivity contribution in [3.63, 3.8) is 0 Å². The molecule has 0 saturated heterocycles. The Morgan fingerprint density at radius 3 is 1.86 bits per heavy atom. The average molecular weight is 495 g/mol. The molecule has 0 radical (unpaired) electrons. The van der Waals surface area contributed by atoms with E-state index in [0.717, 1.165) is 42.8 Å². The second-order valence-corrected chi connectivity index (χ2v) is 10.2. The van der Waals surface area contributed by atoms with Gasteiger partial charge in [0.05, 0.1) is 18.8 Å². The molecule has 1 aliphatic carbocycles. The van der Waals surface area contributed by atoms with E-state index in [1.807, 2.05) is 12.1 Å². The highest BCUT2D eigenvalue weighted by Crippen LogP contribution is 2.36. The summed E-state index contributed by atoms with van der Waals surface area (Å²) in [6.45, 7) is 5.75. The molecule has 0 bridgehead atoms. The summed E-state index contributed by atoms with van der Waals surface area (Å²) in [6, 6.07) is 14.4. The molecule has 0 N–H and O–H groups in total. The summed E-state index contributed by atoms with van der Waals surface area (Å²) in [7, 11) is 0. The summed E-state index contributed by atoms with van der Waals surface area (Å²) in [4.78, 5) is 12.4. The van der Waals surface area contributed by atoms with Crippen molar-refractivity contribution in [2.75, 3.05) is 13.2 Å². The van der Waals surface area contributed by atoms with Crippen molar-refractivity contribution < 1.29 is 19.0 Å². The second-order valence-electron chi connectivity index (χ2n) is 10.2. The van der Waals surface area contributed by atoms with Crippen molar-refractivity contribution in [1.82, 2.24) is 0 Å². The van der Waals surface area contributed by atoms with Gasteiger partial charge in [0.1, 0.15) is 17.2 Å². The van der Waals surface area contributed by atoms with Crippen LogP contribution in [0.4, 0.5) is 0 Å². The molecule has 4 nitrogen and oxygen atoms in total. The maximum absolute atomic E-state index is 12.4. The lowest BCUT2D eigenvalue weighted by molar-refractivity contribution is 0.0734. The number of carbonyl (C=O) groups is 1. The lowest BCUT2D eigenvalue weighted by atomic mass is 9.74. The smallest absolute Gasteiger partial charge is 0.343 e. The van der Waals surface area contributed by atoms with Gasteiger partial charge in [-0.15, -0.1) is 0 Å². The normalized spacial score (nSPS) is 17.5. The molecule has 0 spiro atoms. The Labute approximate surface area is 218 Å². The molecule has 0 heterocycles. The molecule has 4 heteroatoms. The highest BCUT2D eigenvalue weighted by Gasteiger charge is 2.24. The summed E-state index contributed by atoms with van der Waals surface area (Å²) >= 11 is 0. The van der Waals surface area contributed by atoms with Crippen molar-refractivity contribution in [3.8, 4) is 17.2 Å². The van der Waals surface area contributed by atoms with Crippen LogP contribution in [0.1, 0.15) is 108 Å². The fraction of sp³-hybridized carbons (Fsp3) is 0.594. The molecule has 36 heavy (non-hydrogen) atoms. The summed E-state index contributed by atoms with van der Waals surface area (Å²) in [5, 5.41) is 0. The van der Waals surface area contributed by atoms with Crippen molar-refractivity contribution in [2.45, 2.75) is 97.3 Å². The number of carbonyl (C=O) groups excluding carboxylic acids is 1. The molecule has 2 atom stereocenters. The van der Waals surface area contributed by atoms with Crippen LogP contribution in [0.5, 0.6) is 17.2 Å². The van der Waals surface area contributed by atoms with Crippen LogP contribution in [0, 0.1) is 11.8 Å². The van der Waals surface area contributed by atoms with Gasteiger partial charge in [-0.1, -0.05) is 78.1 Å². The molecule has 0 aromatic heterocycles. The van der Waals surface area contributed by atoms with Crippen molar-refractivity contribution in [2.24, 2.45) is 11.8 Å². The van der Waals surface area contributed by atoms with Gasteiger partial charge in [0, 0.05) is 0 Å². The van der Waals surface area contributed by atoms with E-state index in [2.05, 4.69) is 13.8 Å². The molecule has 198 valence electrons. The van der Waals surface area contributed by atoms with E-state index < -0.39 is 0 Å². The van der Waals surface area contributed by atoms with Gasteiger partial charge in [0.2, 0.25) is 0 Å². The zero-order valence-corrected chi connectivity index (χ0v) is 22.5. The van der Waals surface area contributed by atoms with E-state index in [1.165, 1.54) is 70.6 Å². The molecule has 2 aromatic carbocycles. The Morgan fingerprint density at radius 1 is 0.667 bits per heavy atom. The highest BCUT2D eigenvalue weighted by atomic mass is 16.5. The summed E-state index contributed by atoms with van der Waals surface area (Å²) < 4.78 is 17.1. The van der Waals surface area contributed by atoms with E-state index in [1.54, 1.807) is 36.4 Å². The number of ether oxygens (including phenoxy) is 3. The first-order valence-corrected chi connectivity index (χ1v) is 14.4. The van der Waals surface area contributed by atoms with Gasteiger partial charge in [-0.2, -0.15) is 0 Å². The van der Waals surface area contributed by atoms with Crippen molar-refractivity contribution in [1.29, 1.82) is 0 Å². The van der Waals surface area contributed by atoms with E-state index in [-0.39, 0.29) is 5.97 Å². The zero-order chi connectivity index (χ0) is 25.4. The summed E-state index contributed by atoms with van der Waals surface area (Å²) in [6.07, 6.45) is 17.3. The Balaban J connectivity index is 1.36. The van der Waals surface area contributed by atoms with E-state index in [9.17, 15) is 4.79 Å². The van der Waals surface area contributed by atoms with E-state index in [0.29, 0.717) is 17.9 Å². The number of hydrogen-bond donors (Lipinski definition) is 0. The van der Waals surface area contributed by atoms with Crippen LogP contribution in [0.15, 0.2) is 48.5 Å². The number of benzene rings is 2. The predicted octanol–water partition coefficient (Wildman–Crippen LogP) is 9.02. The third-order valence-electron chi connectivity index (χ3n) is 7.33. The van der Waals surface area contributed by atoms with Gasteiger partial charge in [-0.3, -0.25) is 0 Å². The monoisotopic (exact) mass is 494 g/mol. The van der Waals surface area contributed by atoms with E-state index in [4.69, 9.17) is 14.2 Å². The zero-order valence-electron chi connectivity index (χ0n) is 22.5. The predicted molar refractivity (Wildman–Crippen MR) is 147 cm³/mol. The Morgan fingerprint density at radius 2 is 1.22 bits per heavy atom. The minimum atomic E-state index is -0.377. The average Bonchev–Trinajstić information content (AvgIpc) is 2.91. The van der Waals surface area contributed by atoms with Crippen molar-refractivity contribution in [3.05, 3.63) is 54.1 Å². The number of unbranched alkanes of at least 4 members (excludes halogenated alkanes) is 4. The standard InChI is InChI=1S/C32H46O4/c1-3-5-6-7-8-12-26-13-9-10-14-27(26)15-11-25-35-30-20-22-31(23-21-30)36-32(33)28-16-18-29(19-17-28)34-24-4-2/h16-23,26-27H,3-15,24-25H2,1-2H3. The Kier molecular flexibility index (Phi) is 12.7. The number of hydrogen-bond acceptors (Lipinski definition) is 4. The minimum absolute atomic E-state index is 0.377. The Hall–Kier alpha value is -2.49. The van der Waals surface area contributed by atoms with Crippen LogP contribution in [-0.2, 0) is 0 Å². The van der Waals surface area contributed by atoms with Crippen LogP contribution in [0.3, 0.4) is 0 Å². The molecule has 2 unspecified atom stereocenters. The van der Waals surface area contributed by atoms with Gasteiger partial charge in [-0.25, -0.2) is 4.79 Å². The first kappa shape index (κ1) is 28.1. The van der Waals surface area contributed by atoms with Crippen LogP contribution in [-0.4, -0.2) is 19.2 Å². The molecule has 1 saturated carbocycles. The van der Waals surface area contributed by atoms with Crippen LogP contribution in [0.25, 0.3) is 0 Å². The first-order chi connectivity index (χ1) is 17.7. The topological polar surface area (TPSA) is 44.8 Å². The molecule has 2 aromatic rings. The number of rotatable bonds is 16. The van der Waals surface area contributed by atoms with Crippen LogP contribution >= 0.6 is 0 Å². The first-order valence-electron chi connectivity index (χ1n) is 14.4. The van der Waals surface area contributed by atoms with Gasteiger partial charge in [0.15, 0.2) is 0 Å². The molecule has 1 aliphatic rings. The van der Waals surface area contributed by atoms with Gasteiger partial charge in [-0.05, 0) is 79.6 Å². The SMILES string of the molecule is CCCCCCCC1CCCCC1CCCOc1ccc(OC(=O)c2ccc(OCCC)cc2)cc1. The molecule has 0 amide bonds. The van der Waals surface area contributed by atoms with Crippen molar-refractivity contribution >= 4 is 5.97 Å². The highest BCUT2D eigenvalue weighted by molar-refractivity contribution is 5.91. The molecule has 1 fully saturated rings. The maximum atomic E-state index is 12.4. The fourth-order valence-corrected chi connectivity index (χ4v) is 5.27. The summed E-state index contributed by atoms with van der Waals surface area (Å²) in [5.41, 5.74) is 0.501. The second kappa shape index (κ2) is 16.3. The van der Waals surface area contributed by atoms with Crippen LogP contribution in [0.2, 0.25) is 0 Å². The molecule has 0 aliphatic heterocycles. The van der Waals surface area contributed by atoms with Gasteiger partial charge < -0.3 is 14.2 Å². The van der Waals surface area contributed by atoms with E-state index >= 15 is 0 Å². The molecular weight excluding hydrogens is 448 g/mol. The summed E-state index contributed by atoms with van der Waals surface area (Å²) in [5.74, 6) is 3.53. The molecular formula is C32H46O4. The minimum Gasteiger partial charge on any atom is -0.494 e. The lowest BCUT2D eigenvalue weighted by Crippen LogP contribution is -2.20. The quantitative estimate of drug-likeness (QED) is 0.133. The maximum Gasteiger partial charge on any atom is 0.343 e. The largest absolute Gasteiger partial charge is 0.494 e. The molecule has 3 rings (SSSR count). The van der Waals surface area contributed by atoms with Gasteiger partial charge >= 0.3 is 5.97 Å².